The van der Waals surface area contributed by atoms with Crippen molar-refractivity contribution in [1.29, 1.82) is 0 Å². The van der Waals surface area contributed by atoms with Crippen molar-refractivity contribution in [3.05, 3.63) is 10.6 Å². The second-order valence-corrected chi connectivity index (χ2v) is 8.01. The van der Waals surface area contributed by atoms with Gasteiger partial charge in [0.15, 0.2) is 0 Å². The van der Waals surface area contributed by atoms with Crippen LogP contribution in [0.1, 0.15) is 26.7 Å². The van der Waals surface area contributed by atoms with Crippen molar-refractivity contribution >= 4 is 40.2 Å². The van der Waals surface area contributed by atoms with Gasteiger partial charge in [0.25, 0.3) is 0 Å². The van der Waals surface area contributed by atoms with Crippen LogP contribution in [-0.2, 0) is 9.59 Å². The highest BCUT2D eigenvalue weighted by Crippen LogP contribution is 2.50. The third kappa shape index (κ3) is 2.56. The van der Waals surface area contributed by atoms with Gasteiger partial charge in [-0.3, -0.25) is 4.79 Å². The summed E-state index contributed by atoms with van der Waals surface area (Å²) in [6, 6.07) is -0.280. The Labute approximate surface area is 144 Å². The van der Waals surface area contributed by atoms with E-state index in [1.807, 2.05) is 6.92 Å². The fourth-order valence-corrected chi connectivity index (χ4v) is 5.27. The van der Waals surface area contributed by atoms with Gasteiger partial charge in [0.1, 0.15) is 10.0 Å². The van der Waals surface area contributed by atoms with Crippen molar-refractivity contribution in [3.63, 3.8) is 0 Å². The number of thiocarbonyl (C=S) groups is 1. The van der Waals surface area contributed by atoms with Crippen LogP contribution in [0.25, 0.3) is 0 Å². The molecular formula is C15H20N2O4S2. The molecule has 3 aliphatic rings. The van der Waals surface area contributed by atoms with E-state index in [1.165, 1.54) is 16.7 Å². The molecule has 0 aromatic heterocycles. The van der Waals surface area contributed by atoms with Crippen LogP contribution in [0.2, 0.25) is 0 Å². The lowest BCUT2D eigenvalue weighted by Crippen LogP contribution is -2.63. The molecule has 4 unspecified atom stereocenters. The average Bonchev–Trinajstić information content (AvgIpc) is 3.06. The van der Waals surface area contributed by atoms with Gasteiger partial charge in [0.05, 0.1) is 18.1 Å². The molecule has 1 amide bonds. The predicted octanol–water partition coefficient (Wildman–Crippen LogP) is 1.25. The number of β-lactam (4-membered cyclic amide) rings is 1. The van der Waals surface area contributed by atoms with E-state index < -0.39 is 18.0 Å². The van der Waals surface area contributed by atoms with Crippen molar-refractivity contribution in [2.45, 2.75) is 38.8 Å². The SMILES string of the molecule is CC(O)C1C(=O)N2C(C(=O)O)=C(SC(=S)N3CCCC3)C(C)C12. The third-order valence-corrected chi connectivity index (χ3v) is 6.60. The summed E-state index contributed by atoms with van der Waals surface area (Å²) in [6.45, 7) is 5.29. The van der Waals surface area contributed by atoms with E-state index in [0.29, 0.717) is 9.23 Å². The van der Waals surface area contributed by atoms with Crippen molar-refractivity contribution in [2.24, 2.45) is 11.8 Å². The molecule has 4 atom stereocenters. The molecule has 0 aliphatic carbocycles. The fourth-order valence-electron chi connectivity index (χ4n) is 3.72. The zero-order valence-corrected chi connectivity index (χ0v) is 14.7. The number of likely N-dealkylation sites (tertiary alicyclic amines) is 1. The van der Waals surface area contributed by atoms with Gasteiger partial charge in [-0.05, 0) is 19.8 Å². The molecule has 0 aromatic carbocycles. The molecule has 0 radical (unpaired) electrons. The van der Waals surface area contributed by atoms with Crippen molar-refractivity contribution in [2.75, 3.05) is 13.1 Å². The first-order valence-electron chi connectivity index (χ1n) is 7.80. The smallest absolute Gasteiger partial charge is 0.353 e. The van der Waals surface area contributed by atoms with Gasteiger partial charge in [-0.25, -0.2) is 4.79 Å². The van der Waals surface area contributed by atoms with Crippen LogP contribution in [0.5, 0.6) is 0 Å². The van der Waals surface area contributed by atoms with Gasteiger partial charge >= 0.3 is 5.97 Å². The number of fused-ring (bicyclic) bond motifs is 1. The minimum Gasteiger partial charge on any atom is -0.477 e. The molecule has 0 saturated carbocycles. The Morgan fingerprint density at radius 3 is 2.52 bits per heavy atom. The highest BCUT2D eigenvalue weighted by molar-refractivity contribution is 8.25. The number of hydrogen-bond acceptors (Lipinski definition) is 5. The Morgan fingerprint density at radius 2 is 2.00 bits per heavy atom. The molecule has 2 N–H and O–H groups in total. The standard InChI is InChI=1S/C15H20N2O4S2/c1-7-10-9(8(2)18)13(19)17(10)11(14(20)21)12(7)23-15(22)16-5-3-4-6-16/h7-10,18H,3-6H2,1-2H3,(H,20,21). The minimum absolute atomic E-state index is 0.0379. The molecule has 2 fully saturated rings. The molecule has 0 bridgehead atoms. The lowest BCUT2D eigenvalue weighted by molar-refractivity contribution is -0.163. The van der Waals surface area contributed by atoms with Gasteiger partial charge in [-0.15, -0.1) is 0 Å². The van der Waals surface area contributed by atoms with Gasteiger partial charge < -0.3 is 20.0 Å². The molecular weight excluding hydrogens is 336 g/mol. The van der Waals surface area contributed by atoms with Crippen LogP contribution in [0, 0.1) is 11.8 Å². The van der Waals surface area contributed by atoms with Crippen LogP contribution < -0.4 is 0 Å². The molecule has 2 saturated heterocycles. The Balaban J connectivity index is 1.87. The number of nitrogens with zero attached hydrogens (tertiary/aromatic N) is 2. The summed E-state index contributed by atoms with van der Waals surface area (Å²) in [7, 11) is 0. The zero-order chi connectivity index (χ0) is 16.9. The van der Waals surface area contributed by atoms with Gasteiger partial charge in [0, 0.05) is 23.9 Å². The molecule has 3 aliphatic heterocycles. The number of amides is 1. The van der Waals surface area contributed by atoms with Crippen LogP contribution >= 0.6 is 24.0 Å². The summed E-state index contributed by atoms with van der Waals surface area (Å²) in [4.78, 5) is 28.0. The number of carboxylic acid groups (broad SMARTS) is 1. The Morgan fingerprint density at radius 1 is 1.39 bits per heavy atom. The zero-order valence-electron chi connectivity index (χ0n) is 13.1. The van der Waals surface area contributed by atoms with E-state index in [2.05, 4.69) is 4.90 Å². The Kier molecular flexibility index (Phi) is 4.41. The molecule has 6 nitrogen and oxygen atoms in total. The third-order valence-electron chi connectivity index (χ3n) is 4.87. The number of aliphatic carboxylic acids is 1. The first-order valence-corrected chi connectivity index (χ1v) is 9.02. The van der Waals surface area contributed by atoms with Crippen molar-refractivity contribution in [1.82, 2.24) is 9.80 Å². The lowest BCUT2D eigenvalue weighted by Gasteiger charge is -2.46. The second-order valence-electron chi connectivity index (χ2n) is 6.33. The van der Waals surface area contributed by atoms with E-state index in [0.717, 1.165) is 25.9 Å². The summed E-state index contributed by atoms with van der Waals surface area (Å²) >= 11 is 6.75. The molecule has 8 heteroatoms. The van der Waals surface area contributed by atoms with Gasteiger partial charge in [-0.2, -0.15) is 0 Å². The first-order chi connectivity index (χ1) is 10.8. The summed E-state index contributed by atoms with van der Waals surface area (Å²) in [5.74, 6) is -2.08. The molecule has 0 spiro atoms. The molecule has 3 rings (SSSR count). The summed E-state index contributed by atoms with van der Waals surface area (Å²) in [5, 5.41) is 19.4. The van der Waals surface area contributed by atoms with Crippen molar-refractivity contribution < 1.29 is 19.8 Å². The topological polar surface area (TPSA) is 81.1 Å². The number of aliphatic hydroxyl groups excluding tert-OH is 1. The number of hydrogen-bond donors (Lipinski definition) is 2. The first kappa shape index (κ1) is 16.7. The quantitative estimate of drug-likeness (QED) is 0.582. The van der Waals surface area contributed by atoms with E-state index in [-0.39, 0.29) is 23.6 Å². The number of rotatable bonds is 3. The van der Waals surface area contributed by atoms with E-state index in [4.69, 9.17) is 12.2 Å². The maximum Gasteiger partial charge on any atom is 0.353 e. The monoisotopic (exact) mass is 356 g/mol. The number of thioether (sulfide) groups is 1. The summed E-state index contributed by atoms with van der Waals surface area (Å²) in [6.07, 6.45) is 1.41. The molecule has 0 aromatic rings. The number of carboxylic acids is 1. The van der Waals surface area contributed by atoms with Crippen molar-refractivity contribution in [3.8, 4) is 0 Å². The molecule has 126 valence electrons. The van der Waals surface area contributed by atoms with Crippen LogP contribution in [0.4, 0.5) is 0 Å². The minimum atomic E-state index is -1.11. The Bertz CT molecular complexity index is 598. The molecule has 23 heavy (non-hydrogen) atoms. The highest BCUT2D eigenvalue weighted by Gasteiger charge is 2.60. The van der Waals surface area contributed by atoms with E-state index in [1.54, 1.807) is 6.92 Å². The fraction of sp³-hybridized carbons (Fsp3) is 0.667. The predicted molar refractivity (Wildman–Crippen MR) is 90.6 cm³/mol. The lowest BCUT2D eigenvalue weighted by atomic mass is 9.79. The number of aliphatic hydroxyl groups is 1. The van der Waals surface area contributed by atoms with Gasteiger partial charge in [-0.1, -0.05) is 30.9 Å². The molecule has 3 heterocycles. The van der Waals surface area contributed by atoms with Crippen LogP contribution in [0.15, 0.2) is 10.6 Å². The Hall–Kier alpha value is -1.12. The van der Waals surface area contributed by atoms with Crippen LogP contribution in [-0.4, -0.2) is 61.4 Å². The number of carbonyl (C=O) groups is 2. The largest absolute Gasteiger partial charge is 0.477 e. The summed E-state index contributed by atoms with van der Waals surface area (Å²) < 4.78 is 0.673. The van der Waals surface area contributed by atoms with Crippen LogP contribution in [0.3, 0.4) is 0 Å². The van der Waals surface area contributed by atoms with E-state index >= 15 is 0 Å². The average molecular weight is 356 g/mol. The summed E-state index contributed by atoms with van der Waals surface area (Å²) in [5.41, 5.74) is 0.0379. The van der Waals surface area contributed by atoms with E-state index in [9.17, 15) is 19.8 Å². The maximum absolute atomic E-state index is 12.2. The second kappa shape index (κ2) is 6.07. The normalized spacial score (nSPS) is 31.3. The van der Waals surface area contributed by atoms with Gasteiger partial charge in [0.2, 0.25) is 5.91 Å². The maximum atomic E-state index is 12.2. The highest BCUT2D eigenvalue weighted by atomic mass is 32.2. The number of carbonyl (C=O) groups excluding carboxylic acids is 1.